The van der Waals surface area contributed by atoms with Crippen molar-refractivity contribution < 1.29 is 9.59 Å². The summed E-state index contributed by atoms with van der Waals surface area (Å²) < 4.78 is 1.75. The Kier molecular flexibility index (Phi) is 4.13. The third kappa shape index (κ3) is 2.72. The summed E-state index contributed by atoms with van der Waals surface area (Å²) >= 11 is 6.18. The minimum Gasteiger partial charge on any atom is -0.347 e. The number of halogens is 1. The van der Waals surface area contributed by atoms with Crippen molar-refractivity contribution >= 4 is 29.1 Å². The van der Waals surface area contributed by atoms with Crippen LogP contribution in [-0.2, 0) is 11.8 Å². The van der Waals surface area contributed by atoms with Crippen LogP contribution in [0.2, 0.25) is 5.02 Å². The quantitative estimate of drug-likeness (QED) is 0.867. The smallest absolute Gasteiger partial charge is 0.270 e. The molecule has 1 aromatic carbocycles. The molecule has 120 valence electrons. The van der Waals surface area contributed by atoms with Gasteiger partial charge in [-0.3, -0.25) is 9.59 Å². The molecule has 1 aliphatic heterocycles. The van der Waals surface area contributed by atoms with Crippen LogP contribution in [0.25, 0.3) is 0 Å². The molecule has 1 fully saturated rings. The molecular weight excluding hydrogens is 314 g/mol. The Morgan fingerprint density at radius 1 is 1.26 bits per heavy atom. The number of hydrogen-bond donors (Lipinski definition) is 0. The number of carbonyl (C=O) groups is 2. The lowest BCUT2D eigenvalue weighted by atomic mass is 10.2. The maximum atomic E-state index is 12.7. The first kappa shape index (κ1) is 15.6. The molecule has 0 bridgehead atoms. The van der Waals surface area contributed by atoms with Crippen LogP contribution in [0, 0.1) is 0 Å². The van der Waals surface area contributed by atoms with E-state index in [2.05, 4.69) is 0 Å². The maximum absolute atomic E-state index is 12.7. The van der Waals surface area contributed by atoms with Gasteiger partial charge in [-0.15, -0.1) is 0 Å². The van der Waals surface area contributed by atoms with Crippen molar-refractivity contribution in [1.82, 2.24) is 9.47 Å². The van der Waals surface area contributed by atoms with Crippen molar-refractivity contribution in [3.05, 3.63) is 53.3 Å². The Hall–Kier alpha value is -2.27. The Balaban J connectivity index is 1.80. The second-order valence-corrected chi connectivity index (χ2v) is 6.07. The molecule has 0 saturated carbocycles. The van der Waals surface area contributed by atoms with Crippen LogP contribution in [-0.4, -0.2) is 40.9 Å². The molecule has 2 amide bonds. The van der Waals surface area contributed by atoms with Crippen molar-refractivity contribution in [2.24, 2.45) is 7.05 Å². The summed E-state index contributed by atoms with van der Waals surface area (Å²) in [4.78, 5) is 28.5. The molecule has 3 rings (SSSR count). The van der Waals surface area contributed by atoms with E-state index < -0.39 is 6.04 Å². The number of aromatic nitrogens is 1. The number of likely N-dealkylation sites (N-methyl/N-ethyl adjacent to an activating group) is 1. The molecule has 2 aromatic rings. The van der Waals surface area contributed by atoms with E-state index in [-0.39, 0.29) is 11.8 Å². The summed E-state index contributed by atoms with van der Waals surface area (Å²) in [6, 6.07) is 10.4. The van der Waals surface area contributed by atoms with Crippen molar-refractivity contribution in [3.8, 4) is 0 Å². The van der Waals surface area contributed by atoms with Crippen LogP contribution in [0.1, 0.15) is 16.9 Å². The van der Waals surface area contributed by atoms with E-state index in [1.807, 2.05) is 37.5 Å². The molecule has 6 heteroatoms. The lowest BCUT2D eigenvalue weighted by Gasteiger charge is -2.24. The summed E-state index contributed by atoms with van der Waals surface area (Å²) in [5.41, 5.74) is 1.26. The average Bonchev–Trinajstić information content (AvgIpc) is 3.12. The molecule has 23 heavy (non-hydrogen) atoms. The van der Waals surface area contributed by atoms with Gasteiger partial charge in [-0.05, 0) is 30.7 Å². The number of nitrogens with zero attached hydrogens (tertiary/aromatic N) is 3. The zero-order valence-electron chi connectivity index (χ0n) is 13.1. The number of hydrogen-bond acceptors (Lipinski definition) is 2. The summed E-state index contributed by atoms with van der Waals surface area (Å²) in [6.07, 6.45) is 2.41. The van der Waals surface area contributed by atoms with Crippen molar-refractivity contribution in [2.75, 3.05) is 18.5 Å². The monoisotopic (exact) mass is 331 g/mol. The van der Waals surface area contributed by atoms with E-state index in [0.717, 1.165) is 0 Å². The third-order valence-corrected chi connectivity index (χ3v) is 4.59. The van der Waals surface area contributed by atoms with Gasteiger partial charge in [-0.1, -0.05) is 23.7 Å². The summed E-state index contributed by atoms with van der Waals surface area (Å²) in [5, 5.41) is 0.540. The topological polar surface area (TPSA) is 45.6 Å². The van der Waals surface area contributed by atoms with Crippen molar-refractivity contribution in [2.45, 2.75) is 12.5 Å². The molecule has 5 nitrogen and oxygen atoms in total. The van der Waals surface area contributed by atoms with Gasteiger partial charge in [0, 0.05) is 26.8 Å². The van der Waals surface area contributed by atoms with Gasteiger partial charge in [-0.2, -0.15) is 0 Å². The van der Waals surface area contributed by atoms with E-state index in [0.29, 0.717) is 29.4 Å². The fourth-order valence-electron chi connectivity index (χ4n) is 2.94. The molecule has 1 atom stereocenters. The van der Waals surface area contributed by atoms with Crippen LogP contribution in [0.3, 0.4) is 0 Å². The number of anilines is 1. The molecular formula is C17H18ClN3O2. The van der Waals surface area contributed by atoms with Gasteiger partial charge in [0.2, 0.25) is 5.91 Å². The van der Waals surface area contributed by atoms with Gasteiger partial charge in [0.15, 0.2) is 0 Å². The van der Waals surface area contributed by atoms with Crippen LogP contribution in [0.5, 0.6) is 0 Å². The predicted octanol–water partition coefficient (Wildman–Crippen LogP) is 2.56. The van der Waals surface area contributed by atoms with Crippen LogP contribution >= 0.6 is 11.6 Å². The zero-order valence-corrected chi connectivity index (χ0v) is 13.8. The lowest BCUT2D eigenvalue weighted by molar-refractivity contribution is -0.120. The minimum atomic E-state index is -0.464. The number of benzene rings is 1. The normalized spacial score (nSPS) is 17.6. The molecule has 0 N–H and O–H groups in total. The Morgan fingerprint density at radius 2 is 2.00 bits per heavy atom. The highest BCUT2D eigenvalue weighted by molar-refractivity contribution is 6.34. The first-order valence-corrected chi connectivity index (χ1v) is 7.83. The van der Waals surface area contributed by atoms with Gasteiger partial charge in [0.1, 0.15) is 11.7 Å². The van der Waals surface area contributed by atoms with Crippen molar-refractivity contribution in [1.29, 1.82) is 0 Å². The molecule has 0 spiro atoms. The fourth-order valence-corrected chi connectivity index (χ4v) is 3.18. The minimum absolute atomic E-state index is 0.0943. The SMILES string of the molecule is CN(C(=O)c1cccn1C)[C@H]1CCN(c2ccccc2Cl)C1=O. The van der Waals surface area contributed by atoms with Gasteiger partial charge < -0.3 is 14.4 Å². The van der Waals surface area contributed by atoms with Crippen molar-refractivity contribution in [3.63, 3.8) is 0 Å². The Bertz CT molecular complexity index is 756. The predicted molar refractivity (Wildman–Crippen MR) is 89.7 cm³/mol. The molecule has 1 aliphatic rings. The van der Waals surface area contributed by atoms with E-state index in [9.17, 15) is 9.59 Å². The molecule has 2 heterocycles. The van der Waals surface area contributed by atoms with Gasteiger partial charge in [-0.25, -0.2) is 0 Å². The standard InChI is InChI=1S/C17H18ClN3O2/c1-19-10-5-8-14(19)16(22)20(2)15-9-11-21(17(15)23)13-7-4-3-6-12(13)18/h3-8,10,15H,9,11H2,1-2H3/t15-/m0/s1. The summed E-state index contributed by atoms with van der Waals surface area (Å²) in [5.74, 6) is -0.250. The average molecular weight is 332 g/mol. The van der Waals surface area contributed by atoms with Crippen LogP contribution in [0.4, 0.5) is 5.69 Å². The largest absolute Gasteiger partial charge is 0.347 e. The van der Waals surface area contributed by atoms with Gasteiger partial charge in [0.25, 0.3) is 5.91 Å². The van der Waals surface area contributed by atoms with E-state index >= 15 is 0 Å². The number of amides is 2. The number of aryl methyl sites for hydroxylation is 1. The second-order valence-electron chi connectivity index (χ2n) is 5.67. The molecule has 1 aromatic heterocycles. The zero-order chi connectivity index (χ0) is 16.6. The van der Waals surface area contributed by atoms with Crippen LogP contribution < -0.4 is 4.90 Å². The third-order valence-electron chi connectivity index (χ3n) is 4.27. The number of para-hydroxylation sites is 1. The maximum Gasteiger partial charge on any atom is 0.270 e. The second kappa shape index (κ2) is 6.08. The van der Waals surface area contributed by atoms with E-state index in [4.69, 9.17) is 11.6 Å². The first-order chi connectivity index (χ1) is 11.0. The summed E-state index contributed by atoms with van der Waals surface area (Å²) in [6.45, 7) is 0.554. The number of rotatable bonds is 3. The highest BCUT2D eigenvalue weighted by Gasteiger charge is 2.38. The Morgan fingerprint density at radius 3 is 2.65 bits per heavy atom. The number of carbonyl (C=O) groups excluding carboxylic acids is 2. The van der Waals surface area contributed by atoms with E-state index in [1.54, 1.807) is 28.6 Å². The molecule has 0 aliphatic carbocycles. The fraction of sp³-hybridized carbons (Fsp3) is 0.294. The summed E-state index contributed by atoms with van der Waals surface area (Å²) in [7, 11) is 3.49. The van der Waals surface area contributed by atoms with Crippen LogP contribution in [0.15, 0.2) is 42.6 Å². The van der Waals surface area contributed by atoms with Gasteiger partial charge in [0.05, 0.1) is 10.7 Å². The molecule has 1 saturated heterocycles. The first-order valence-electron chi connectivity index (χ1n) is 7.45. The highest BCUT2D eigenvalue weighted by Crippen LogP contribution is 2.30. The van der Waals surface area contributed by atoms with Gasteiger partial charge >= 0.3 is 0 Å². The highest BCUT2D eigenvalue weighted by atomic mass is 35.5. The molecule has 0 unspecified atom stereocenters. The molecule has 0 radical (unpaired) electrons. The lowest BCUT2D eigenvalue weighted by Crippen LogP contribution is -2.43. The Labute approximate surface area is 140 Å². The van der Waals surface area contributed by atoms with E-state index in [1.165, 1.54) is 4.90 Å².